The molecule has 0 aromatic heterocycles. The van der Waals surface area contributed by atoms with Crippen LogP contribution in [0.25, 0.3) is 0 Å². The Morgan fingerprint density at radius 1 is 1.56 bits per heavy atom. The van der Waals surface area contributed by atoms with Gasteiger partial charge in [0.05, 0.1) is 6.61 Å². The van der Waals surface area contributed by atoms with E-state index in [0.29, 0.717) is 12.5 Å². The quantitative estimate of drug-likeness (QED) is 0.764. The minimum atomic E-state index is -0.412. The van der Waals surface area contributed by atoms with Crippen LogP contribution in [0.2, 0.25) is 0 Å². The fourth-order valence-electron chi connectivity index (χ4n) is 2.68. The second-order valence-corrected chi connectivity index (χ2v) is 4.50. The standard InChI is InChI=1S/C13H15NO2/c1-2-16-12(15)13-7-11(13)10-6-4-3-5-9(10)8-14-13/h3-6,11,14H,2,7-8H2,1H3. The van der Waals surface area contributed by atoms with E-state index in [1.165, 1.54) is 11.1 Å². The highest BCUT2D eigenvalue weighted by Crippen LogP contribution is 2.55. The first-order valence-electron chi connectivity index (χ1n) is 5.78. The molecule has 1 saturated carbocycles. The van der Waals surface area contributed by atoms with Crippen molar-refractivity contribution in [1.29, 1.82) is 0 Å². The van der Waals surface area contributed by atoms with Crippen LogP contribution in [0, 0.1) is 0 Å². The number of fused-ring (bicyclic) bond motifs is 3. The Kier molecular flexibility index (Phi) is 2.04. The fraction of sp³-hybridized carbons (Fsp3) is 0.462. The molecule has 1 aliphatic heterocycles. The molecule has 16 heavy (non-hydrogen) atoms. The number of hydrogen-bond acceptors (Lipinski definition) is 3. The molecule has 2 aliphatic rings. The summed E-state index contributed by atoms with van der Waals surface area (Å²) in [6, 6.07) is 8.33. The van der Waals surface area contributed by atoms with Crippen LogP contribution in [0.3, 0.4) is 0 Å². The van der Waals surface area contributed by atoms with Gasteiger partial charge in [0.1, 0.15) is 5.54 Å². The zero-order valence-electron chi connectivity index (χ0n) is 9.32. The van der Waals surface area contributed by atoms with Crippen molar-refractivity contribution in [2.75, 3.05) is 6.61 Å². The maximum absolute atomic E-state index is 11.9. The van der Waals surface area contributed by atoms with Gasteiger partial charge in [0.15, 0.2) is 0 Å². The largest absolute Gasteiger partial charge is 0.465 e. The third-order valence-electron chi connectivity index (χ3n) is 3.63. The molecule has 1 heterocycles. The molecular formula is C13H15NO2. The van der Waals surface area contributed by atoms with Gasteiger partial charge in [-0.15, -0.1) is 0 Å². The van der Waals surface area contributed by atoms with Crippen LogP contribution in [-0.4, -0.2) is 18.1 Å². The van der Waals surface area contributed by atoms with E-state index in [1.807, 2.05) is 19.1 Å². The Morgan fingerprint density at radius 3 is 3.19 bits per heavy atom. The van der Waals surface area contributed by atoms with Crippen LogP contribution in [0.1, 0.15) is 30.4 Å². The molecule has 3 heteroatoms. The van der Waals surface area contributed by atoms with Crippen LogP contribution >= 0.6 is 0 Å². The molecule has 2 unspecified atom stereocenters. The van der Waals surface area contributed by atoms with Gasteiger partial charge in [-0.25, -0.2) is 0 Å². The van der Waals surface area contributed by atoms with Crippen molar-refractivity contribution in [3.8, 4) is 0 Å². The van der Waals surface area contributed by atoms with E-state index in [1.54, 1.807) is 0 Å². The number of hydrogen-bond donors (Lipinski definition) is 1. The molecule has 84 valence electrons. The smallest absolute Gasteiger partial charge is 0.326 e. The van der Waals surface area contributed by atoms with Gasteiger partial charge < -0.3 is 4.74 Å². The van der Waals surface area contributed by atoms with Gasteiger partial charge >= 0.3 is 5.97 Å². The first-order valence-corrected chi connectivity index (χ1v) is 5.78. The average Bonchev–Trinajstić information content (AvgIpc) is 3.06. The minimum Gasteiger partial charge on any atom is -0.465 e. The molecule has 0 amide bonds. The van der Waals surface area contributed by atoms with Crippen LogP contribution in [0.15, 0.2) is 24.3 Å². The van der Waals surface area contributed by atoms with E-state index in [-0.39, 0.29) is 5.97 Å². The topological polar surface area (TPSA) is 38.3 Å². The third kappa shape index (κ3) is 1.21. The van der Waals surface area contributed by atoms with Gasteiger partial charge in [0, 0.05) is 12.5 Å². The summed E-state index contributed by atoms with van der Waals surface area (Å²) in [5, 5.41) is 3.34. The van der Waals surface area contributed by atoms with Crippen LogP contribution in [0.4, 0.5) is 0 Å². The van der Waals surface area contributed by atoms with Gasteiger partial charge in [0.2, 0.25) is 0 Å². The summed E-state index contributed by atoms with van der Waals surface area (Å²) >= 11 is 0. The lowest BCUT2D eigenvalue weighted by Crippen LogP contribution is -2.44. The van der Waals surface area contributed by atoms with E-state index in [2.05, 4.69) is 17.4 Å². The van der Waals surface area contributed by atoms with Crippen LogP contribution in [0.5, 0.6) is 0 Å². The molecule has 3 rings (SSSR count). The summed E-state index contributed by atoms with van der Waals surface area (Å²) in [5.41, 5.74) is 2.21. The van der Waals surface area contributed by atoms with Crippen LogP contribution < -0.4 is 5.32 Å². The molecule has 1 aromatic rings. The third-order valence-corrected chi connectivity index (χ3v) is 3.63. The first-order chi connectivity index (χ1) is 7.78. The summed E-state index contributed by atoms with van der Waals surface area (Å²) in [6.45, 7) is 3.07. The molecule has 3 nitrogen and oxygen atoms in total. The first kappa shape index (κ1) is 9.85. The Balaban J connectivity index is 1.90. The molecule has 0 bridgehead atoms. The van der Waals surface area contributed by atoms with Gasteiger partial charge in [0.25, 0.3) is 0 Å². The normalized spacial score (nSPS) is 30.2. The van der Waals surface area contributed by atoms with Crippen molar-refractivity contribution in [3.63, 3.8) is 0 Å². The number of carbonyl (C=O) groups is 1. The Morgan fingerprint density at radius 2 is 2.38 bits per heavy atom. The zero-order chi connectivity index (χ0) is 11.2. The van der Waals surface area contributed by atoms with Gasteiger partial charge in [-0.3, -0.25) is 10.1 Å². The maximum atomic E-state index is 11.9. The Hall–Kier alpha value is -1.35. The van der Waals surface area contributed by atoms with E-state index in [0.717, 1.165) is 13.0 Å². The average molecular weight is 217 g/mol. The summed E-state index contributed by atoms with van der Waals surface area (Å²) in [6.07, 6.45) is 0.878. The lowest BCUT2D eigenvalue weighted by atomic mass is 9.96. The predicted octanol–water partition coefficient (Wildman–Crippen LogP) is 1.58. The fourth-order valence-corrected chi connectivity index (χ4v) is 2.68. The van der Waals surface area contributed by atoms with Gasteiger partial charge in [-0.2, -0.15) is 0 Å². The van der Waals surface area contributed by atoms with Gasteiger partial charge in [-0.1, -0.05) is 24.3 Å². The summed E-state index contributed by atoms with van der Waals surface area (Å²) in [4.78, 5) is 11.9. The lowest BCUT2D eigenvalue weighted by molar-refractivity contribution is -0.147. The number of rotatable bonds is 2. The van der Waals surface area contributed by atoms with E-state index in [4.69, 9.17) is 4.74 Å². The Bertz CT molecular complexity index is 443. The van der Waals surface area contributed by atoms with Crippen molar-refractivity contribution < 1.29 is 9.53 Å². The lowest BCUT2D eigenvalue weighted by Gasteiger charge is -2.24. The van der Waals surface area contributed by atoms with Crippen molar-refractivity contribution in [3.05, 3.63) is 35.4 Å². The highest BCUT2D eigenvalue weighted by atomic mass is 16.5. The molecule has 2 atom stereocenters. The van der Waals surface area contributed by atoms with Crippen LogP contribution in [-0.2, 0) is 16.1 Å². The molecule has 1 aliphatic carbocycles. The van der Waals surface area contributed by atoms with Crippen molar-refractivity contribution in [2.45, 2.75) is 31.3 Å². The molecule has 1 aromatic carbocycles. The zero-order valence-corrected chi connectivity index (χ0v) is 9.32. The molecule has 0 spiro atoms. The highest BCUT2D eigenvalue weighted by Gasteiger charge is 2.63. The maximum Gasteiger partial charge on any atom is 0.326 e. The summed E-state index contributed by atoms with van der Waals surface area (Å²) < 4.78 is 5.14. The molecule has 1 fully saturated rings. The minimum absolute atomic E-state index is 0.0884. The monoisotopic (exact) mass is 217 g/mol. The highest BCUT2D eigenvalue weighted by molar-refractivity contribution is 5.87. The molecule has 0 saturated heterocycles. The number of benzene rings is 1. The summed E-state index contributed by atoms with van der Waals surface area (Å²) in [7, 11) is 0. The van der Waals surface area contributed by atoms with E-state index < -0.39 is 5.54 Å². The number of esters is 1. The molecule has 1 N–H and O–H groups in total. The predicted molar refractivity (Wildman–Crippen MR) is 60.0 cm³/mol. The van der Waals surface area contributed by atoms with E-state index >= 15 is 0 Å². The number of carbonyl (C=O) groups excluding carboxylic acids is 1. The van der Waals surface area contributed by atoms with Crippen molar-refractivity contribution >= 4 is 5.97 Å². The SMILES string of the molecule is CCOC(=O)C12CC1c1ccccc1CN2. The number of nitrogens with one attached hydrogen (secondary N) is 1. The summed E-state index contributed by atoms with van der Waals surface area (Å²) in [5.74, 6) is 0.228. The van der Waals surface area contributed by atoms with E-state index in [9.17, 15) is 4.79 Å². The Labute approximate surface area is 94.8 Å². The van der Waals surface area contributed by atoms with Crippen molar-refractivity contribution in [1.82, 2.24) is 5.32 Å². The number of ether oxygens (including phenoxy) is 1. The van der Waals surface area contributed by atoms with Crippen molar-refractivity contribution in [2.24, 2.45) is 0 Å². The van der Waals surface area contributed by atoms with Gasteiger partial charge in [-0.05, 0) is 24.5 Å². The second-order valence-electron chi connectivity index (χ2n) is 4.50. The molecular weight excluding hydrogens is 202 g/mol. The molecule has 0 radical (unpaired) electrons. The second kappa shape index (κ2) is 3.32.